The van der Waals surface area contributed by atoms with E-state index in [-0.39, 0.29) is 0 Å². The number of fused-ring (bicyclic) bond motifs is 1. The molecule has 8 nitrogen and oxygen atoms in total. The Bertz CT molecular complexity index is 1190. The van der Waals surface area contributed by atoms with Gasteiger partial charge in [-0.25, -0.2) is 4.79 Å². The zero-order valence-corrected chi connectivity index (χ0v) is 22.4. The zero-order valence-electron chi connectivity index (χ0n) is 22.4. The molecule has 1 unspecified atom stereocenters. The van der Waals surface area contributed by atoms with Crippen molar-refractivity contribution in [1.29, 1.82) is 0 Å². The molecule has 0 saturated heterocycles. The number of esters is 1. The van der Waals surface area contributed by atoms with E-state index < -0.39 is 18.0 Å². The Labute approximate surface area is 224 Å². The van der Waals surface area contributed by atoms with Crippen LogP contribution in [0.25, 0.3) is 6.08 Å². The molecule has 2 aromatic rings. The molecule has 1 fully saturated rings. The number of ether oxygens (including phenoxy) is 5. The Morgan fingerprint density at radius 1 is 1.00 bits per heavy atom. The lowest BCUT2D eigenvalue weighted by Gasteiger charge is -2.24. The first-order valence-corrected chi connectivity index (χ1v) is 13.4. The van der Waals surface area contributed by atoms with Gasteiger partial charge < -0.3 is 29.4 Å². The lowest BCUT2D eigenvalue weighted by atomic mass is 10.0. The molecule has 0 radical (unpaired) electrons. The van der Waals surface area contributed by atoms with Crippen LogP contribution in [0.5, 0.6) is 23.0 Å². The number of benzene rings is 2. The van der Waals surface area contributed by atoms with Crippen molar-refractivity contribution >= 4 is 18.0 Å². The highest BCUT2D eigenvalue weighted by Gasteiger charge is 2.28. The Balaban J connectivity index is 1.41. The second-order valence-electron chi connectivity index (χ2n) is 9.55. The van der Waals surface area contributed by atoms with Crippen LogP contribution in [0.15, 0.2) is 30.3 Å². The third-order valence-electron chi connectivity index (χ3n) is 6.64. The number of methoxy groups -OCH3 is 1. The molecule has 2 aromatic carbocycles. The van der Waals surface area contributed by atoms with Gasteiger partial charge in [0.2, 0.25) is 6.10 Å². The topological polar surface area (TPSA) is 106 Å². The number of hydrogen-bond acceptors (Lipinski definition) is 7. The molecule has 1 aliphatic heterocycles. The van der Waals surface area contributed by atoms with Crippen LogP contribution in [0.1, 0.15) is 66.6 Å². The summed E-state index contributed by atoms with van der Waals surface area (Å²) in [6.07, 6.45) is 8.27. The fraction of sp³-hybridized carbons (Fsp3) is 0.467. The van der Waals surface area contributed by atoms with E-state index in [1.54, 1.807) is 12.1 Å². The van der Waals surface area contributed by atoms with E-state index in [0.29, 0.717) is 49.2 Å². The van der Waals surface area contributed by atoms with E-state index in [2.05, 4.69) is 6.92 Å². The van der Waals surface area contributed by atoms with Crippen LogP contribution in [0.3, 0.4) is 0 Å². The fourth-order valence-corrected chi connectivity index (χ4v) is 4.60. The zero-order chi connectivity index (χ0) is 27.1. The first kappa shape index (κ1) is 27.4. The predicted octanol–water partition coefficient (Wildman–Crippen LogP) is 4.88. The van der Waals surface area contributed by atoms with Gasteiger partial charge in [0.15, 0.2) is 0 Å². The lowest BCUT2D eigenvalue weighted by Crippen LogP contribution is -2.28. The molecule has 38 heavy (non-hydrogen) atoms. The van der Waals surface area contributed by atoms with Gasteiger partial charge in [0.25, 0.3) is 5.91 Å². The molecule has 1 heterocycles. The molecular formula is C30H37NO7. The molecule has 204 valence electrons. The van der Waals surface area contributed by atoms with Crippen molar-refractivity contribution in [3.63, 3.8) is 0 Å². The van der Waals surface area contributed by atoms with Crippen molar-refractivity contribution in [3.05, 3.63) is 52.6 Å². The van der Waals surface area contributed by atoms with Crippen LogP contribution >= 0.6 is 0 Å². The monoisotopic (exact) mass is 523 g/mol. The third kappa shape index (κ3) is 6.41. The van der Waals surface area contributed by atoms with Gasteiger partial charge in [-0.1, -0.05) is 19.4 Å². The van der Waals surface area contributed by atoms with Crippen molar-refractivity contribution in [2.45, 2.75) is 58.5 Å². The molecule has 2 aliphatic rings. The number of rotatable bonds is 14. The van der Waals surface area contributed by atoms with Crippen molar-refractivity contribution < 1.29 is 33.3 Å². The molecule has 1 saturated carbocycles. The van der Waals surface area contributed by atoms with Gasteiger partial charge in [-0.2, -0.15) is 0 Å². The predicted molar refractivity (Wildman–Crippen MR) is 144 cm³/mol. The average molecular weight is 524 g/mol. The van der Waals surface area contributed by atoms with Crippen LogP contribution < -0.4 is 24.7 Å². The second kappa shape index (κ2) is 12.7. The highest BCUT2D eigenvalue weighted by molar-refractivity contribution is 5.96. The summed E-state index contributed by atoms with van der Waals surface area (Å²) in [5, 5.41) is 0. The number of carbonyl (C=O) groups is 2. The highest BCUT2D eigenvalue weighted by atomic mass is 16.6. The Kier molecular flexibility index (Phi) is 9.15. The standard InChI is InChI=1S/C30H37NO7/c1-4-7-21-24(13-10-20-11-14-26(30(33)34-3)38-27(20)21)36-16-6-17-37-25-15-12-22(29(31)32)28(35-5-2)23(25)18-19-8-9-19/h10-15,19,26H,4-9,16-18H2,1-3H3,(H2,31,32). The summed E-state index contributed by atoms with van der Waals surface area (Å²) in [6, 6.07) is 7.37. The minimum Gasteiger partial charge on any atom is -0.493 e. The molecule has 0 bridgehead atoms. The van der Waals surface area contributed by atoms with Crippen molar-refractivity contribution in [2.24, 2.45) is 11.7 Å². The molecule has 8 heteroatoms. The van der Waals surface area contributed by atoms with E-state index in [0.717, 1.165) is 47.5 Å². The van der Waals surface area contributed by atoms with Gasteiger partial charge in [0.05, 0.1) is 32.5 Å². The van der Waals surface area contributed by atoms with Crippen LogP contribution in [-0.4, -0.2) is 44.9 Å². The molecule has 0 spiro atoms. The van der Waals surface area contributed by atoms with Gasteiger partial charge in [-0.3, -0.25) is 4.79 Å². The highest BCUT2D eigenvalue weighted by Crippen LogP contribution is 2.41. The second-order valence-corrected chi connectivity index (χ2v) is 9.55. The van der Waals surface area contributed by atoms with Crippen LogP contribution in [0.4, 0.5) is 0 Å². The molecule has 0 aromatic heterocycles. The molecule has 4 rings (SSSR count). The number of hydrogen-bond donors (Lipinski definition) is 1. The largest absolute Gasteiger partial charge is 0.493 e. The van der Waals surface area contributed by atoms with E-state index >= 15 is 0 Å². The number of primary amides is 1. The maximum Gasteiger partial charge on any atom is 0.351 e. The maximum absolute atomic E-state index is 12.0. The van der Waals surface area contributed by atoms with Gasteiger partial charge in [-0.15, -0.1) is 0 Å². The smallest absolute Gasteiger partial charge is 0.351 e. The maximum atomic E-state index is 12.0. The van der Waals surface area contributed by atoms with E-state index in [1.165, 1.54) is 20.0 Å². The van der Waals surface area contributed by atoms with Gasteiger partial charge in [0.1, 0.15) is 23.0 Å². The summed E-state index contributed by atoms with van der Waals surface area (Å²) in [7, 11) is 1.35. The Morgan fingerprint density at radius 2 is 1.71 bits per heavy atom. The Hall–Kier alpha value is -3.68. The van der Waals surface area contributed by atoms with Crippen molar-refractivity contribution in [1.82, 2.24) is 0 Å². The van der Waals surface area contributed by atoms with Crippen molar-refractivity contribution in [3.8, 4) is 23.0 Å². The van der Waals surface area contributed by atoms with Gasteiger partial charge in [0, 0.05) is 23.1 Å². The van der Waals surface area contributed by atoms with Crippen LogP contribution in [0, 0.1) is 5.92 Å². The number of carbonyl (C=O) groups excluding carboxylic acids is 2. The van der Waals surface area contributed by atoms with E-state index in [4.69, 9.17) is 29.4 Å². The minimum atomic E-state index is -0.765. The van der Waals surface area contributed by atoms with Gasteiger partial charge >= 0.3 is 5.97 Å². The quantitative estimate of drug-likeness (QED) is 0.278. The van der Waals surface area contributed by atoms with Crippen LogP contribution in [-0.2, 0) is 22.4 Å². The van der Waals surface area contributed by atoms with E-state index in [9.17, 15) is 9.59 Å². The first-order chi connectivity index (χ1) is 18.5. The summed E-state index contributed by atoms with van der Waals surface area (Å²) in [4.78, 5) is 24.0. The third-order valence-corrected chi connectivity index (χ3v) is 6.64. The van der Waals surface area contributed by atoms with Crippen LogP contribution in [0.2, 0.25) is 0 Å². The SMILES string of the molecule is CCCc1c(OCCCOc2ccc(C(N)=O)c(OCC)c2CC2CC2)ccc2c1OC(C(=O)OC)C=C2. The average Bonchev–Trinajstić information content (AvgIpc) is 3.74. The minimum absolute atomic E-state index is 0.389. The first-order valence-electron chi connectivity index (χ1n) is 13.4. The van der Waals surface area contributed by atoms with E-state index in [1.807, 2.05) is 31.2 Å². The van der Waals surface area contributed by atoms with Crippen molar-refractivity contribution in [2.75, 3.05) is 26.9 Å². The molecule has 1 amide bonds. The molecule has 1 atom stereocenters. The summed E-state index contributed by atoms with van der Waals surface area (Å²) in [6.45, 7) is 5.31. The lowest BCUT2D eigenvalue weighted by molar-refractivity contribution is -0.146. The summed E-state index contributed by atoms with van der Waals surface area (Å²) in [5.74, 6) is 2.31. The van der Waals surface area contributed by atoms with Gasteiger partial charge in [-0.05, 0) is 68.9 Å². The number of amides is 1. The summed E-state index contributed by atoms with van der Waals surface area (Å²) >= 11 is 0. The number of nitrogens with two attached hydrogens (primary N) is 1. The molecule has 1 aliphatic carbocycles. The molecular weight excluding hydrogens is 486 g/mol. The fourth-order valence-electron chi connectivity index (χ4n) is 4.60. The summed E-state index contributed by atoms with van der Waals surface area (Å²) in [5.41, 5.74) is 8.76. The Morgan fingerprint density at radius 3 is 2.34 bits per heavy atom. The normalized spacial score (nSPS) is 15.8. The molecule has 2 N–H and O–H groups in total. The summed E-state index contributed by atoms with van der Waals surface area (Å²) < 4.78 is 29.0.